The summed E-state index contributed by atoms with van der Waals surface area (Å²) in [5.41, 5.74) is 0. The first-order valence-corrected chi connectivity index (χ1v) is 8.21. The summed E-state index contributed by atoms with van der Waals surface area (Å²) in [5.74, 6) is 1.48. The summed E-state index contributed by atoms with van der Waals surface area (Å²) in [5, 5.41) is 4.06. The van der Waals surface area contributed by atoms with Crippen LogP contribution in [0.3, 0.4) is 0 Å². The van der Waals surface area contributed by atoms with E-state index in [1.807, 2.05) is 4.90 Å². The fraction of sp³-hybridized carbons (Fsp3) is 0.800. The molecule has 0 N–H and O–H groups in total. The van der Waals surface area contributed by atoms with Gasteiger partial charge in [-0.25, -0.2) is 0 Å². The highest BCUT2D eigenvalue weighted by molar-refractivity contribution is 5.76. The molecule has 0 atom stereocenters. The van der Waals surface area contributed by atoms with E-state index < -0.39 is 0 Å². The summed E-state index contributed by atoms with van der Waals surface area (Å²) >= 11 is 0. The highest BCUT2D eigenvalue weighted by Gasteiger charge is 2.21. The monoisotopic (exact) mass is 307 g/mol. The number of aromatic nitrogens is 2. The van der Waals surface area contributed by atoms with Crippen molar-refractivity contribution in [3.8, 4) is 0 Å². The van der Waals surface area contributed by atoms with Crippen molar-refractivity contribution >= 4 is 5.91 Å². The Labute approximate surface area is 131 Å². The van der Waals surface area contributed by atoms with Crippen LogP contribution < -0.4 is 0 Å². The Morgan fingerprint density at radius 3 is 2.68 bits per heavy atom. The molecule has 0 aromatic carbocycles. The Morgan fingerprint density at radius 1 is 1.05 bits per heavy atom. The third kappa shape index (κ3) is 4.04. The van der Waals surface area contributed by atoms with Crippen molar-refractivity contribution in [2.24, 2.45) is 0 Å². The number of piperazine rings is 1. The summed E-state index contributed by atoms with van der Waals surface area (Å²) in [6, 6.07) is 0. The van der Waals surface area contributed by atoms with E-state index >= 15 is 0 Å². The van der Waals surface area contributed by atoms with E-state index in [0.717, 1.165) is 64.4 Å². The van der Waals surface area contributed by atoms with Gasteiger partial charge in [0.05, 0.1) is 13.1 Å². The van der Waals surface area contributed by atoms with Crippen LogP contribution in [0.4, 0.5) is 0 Å². The molecule has 22 heavy (non-hydrogen) atoms. The number of rotatable bonds is 4. The minimum Gasteiger partial charge on any atom is -0.337 e. The van der Waals surface area contributed by atoms with E-state index in [1.54, 1.807) is 0 Å². The Bertz CT molecular complexity index is 496. The predicted octanol–water partition coefficient (Wildman–Crippen LogP) is 0.720. The molecule has 122 valence electrons. The van der Waals surface area contributed by atoms with E-state index in [0.29, 0.717) is 18.9 Å². The smallest absolute Gasteiger partial charge is 0.246 e. The number of likely N-dealkylation sites (tertiary alicyclic amines) is 1. The van der Waals surface area contributed by atoms with Gasteiger partial charge in [0.25, 0.3) is 0 Å². The Morgan fingerprint density at radius 2 is 1.86 bits per heavy atom. The number of hydrogen-bond acceptors (Lipinski definition) is 6. The molecule has 0 saturated carbocycles. The lowest BCUT2D eigenvalue weighted by atomic mass is 10.2. The van der Waals surface area contributed by atoms with Crippen LogP contribution in [0.25, 0.3) is 0 Å². The number of hydrogen-bond donors (Lipinski definition) is 0. The standard InChI is InChI=1S/C15H25N5O2/c1-18-7-9-19(10-8-18)11-13-16-14(22-17-13)12-20-6-4-2-3-5-15(20)21/h2-12H2,1H3. The van der Waals surface area contributed by atoms with Gasteiger partial charge in [-0.2, -0.15) is 4.98 Å². The molecule has 0 bridgehead atoms. The summed E-state index contributed by atoms with van der Waals surface area (Å²) in [6.07, 6.45) is 3.82. The minimum atomic E-state index is 0.205. The van der Waals surface area contributed by atoms with Gasteiger partial charge < -0.3 is 14.3 Å². The summed E-state index contributed by atoms with van der Waals surface area (Å²) in [7, 11) is 2.14. The second-order valence-electron chi connectivity index (χ2n) is 6.31. The zero-order valence-corrected chi connectivity index (χ0v) is 13.3. The van der Waals surface area contributed by atoms with Crippen molar-refractivity contribution in [2.75, 3.05) is 39.8 Å². The predicted molar refractivity (Wildman–Crippen MR) is 81.0 cm³/mol. The molecule has 7 nitrogen and oxygen atoms in total. The lowest BCUT2D eigenvalue weighted by molar-refractivity contribution is -0.131. The van der Waals surface area contributed by atoms with Gasteiger partial charge in [-0.15, -0.1) is 0 Å². The van der Waals surface area contributed by atoms with Gasteiger partial charge >= 0.3 is 0 Å². The van der Waals surface area contributed by atoms with Crippen molar-refractivity contribution in [1.29, 1.82) is 0 Å². The maximum Gasteiger partial charge on any atom is 0.246 e. The van der Waals surface area contributed by atoms with Crippen LogP contribution in [0.2, 0.25) is 0 Å². The van der Waals surface area contributed by atoms with E-state index in [9.17, 15) is 4.79 Å². The van der Waals surface area contributed by atoms with Crippen LogP contribution in [0, 0.1) is 0 Å². The molecule has 0 radical (unpaired) electrons. The molecule has 2 fully saturated rings. The van der Waals surface area contributed by atoms with E-state index in [1.165, 1.54) is 0 Å². The quantitative estimate of drug-likeness (QED) is 0.816. The van der Waals surface area contributed by atoms with Crippen LogP contribution in [0.15, 0.2) is 4.52 Å². The van der Waals surface area contributed by atoms with Crippen molar-refractivity contribution < 1.29 is 9.32 Å². The third-order valence-electron chi connectivity index (χ3n) is 4.47. The molecule has 0 spiro atoms. The van der Waals surface area contributed by atoms with E-state index in [-0.39, 0.29) is 5.91 Å². The van der Waals surface area contributed by atoms with E-state index in [2.05, 4.69) is 27.0 Å². The summed E-state index contributed by atoms with van der Waals surface area (Å²) in [4.78, 5) is 23.0. The summed E-state index contributed by atoms with van der Waals surface area (Å²) in [6.45, 7) is 6.20. The van der Waals surface area contributed by atoms with Gasteiger partial charge in [0.1, 0.15) is 0 Å². The molecule has 1 amide bonds. The van der Waals surface area contributed by atoms with Crippen LogP contribution in [-0.4, -0.2) is 70.5 Å². The SMILES string of the molecule is CN1CCN(Cc2noc(CN3CCCCCC3=O)n2)CC1. The minimum absolute atomic E-state index is 0.205. The molecule has 2 saturated heterocycles. The molecule has 3 rings (SSSR count). The number of nitrogens with zero attached hydrogens (tertiary/aromatic N) is 5. The number of carbonyl (C=O) groups excluding carboxylic acids is 1. The Balaban J connectivity index is 1.53. The fourth-order valence-corrected chi connectivity index (χ4v) is 2.99. The van der Waals surface area contributed by atoms with E-state index in [4.69, 9.17) is 4.52 Å². The molecule has 0 unspecified atom stereocenters. The van der Waals surface area contributed by atoms with Gasteiger partial charge in [0, 0.05) is 39.1 Å². The molecule has 1 aromatic rings. The van der Waals surface area contributed by atoms with Crippen molar-refractivity contribution in [3.63, 3.8) is 0 Å². The molecular weight excluding hydrogens is 282 g/mol. The average Bonchev–Trinajstić information content (AvgIpc) is 2.85. The highest BCUT2D eigenvalue weighted by atomic mass is 16.5. The van der Waals surface area contributed by atoms with Crippen molar-refractivity contribution in [3.05, 3.63) is 11.7 Å². The molecule has 0 aliphatic carbocycles. The second-order valence-corrected chi connectivity index (χ2v) is 6.31. The zero-order chi connectivity index (χ0) is 15.4. The third-order valence-corrected chi connectivity index (χ3v) is 4.47. The topological polar surface area (TPSA) is 65.7 Å². The number of likely N-dealkylation sites (N-methyl/N-ethyl adjacent to an activating group) is 1. The number of amides is 1. The fourth-order valence-electron chi connectivity index (χ4n) is 2.99. The van der Waals surface area contributed by atoms with Crippen molar-refractivity contribution in [2.45, 2.75) is 38.8 Å². The average molecular weight is 307 g/mol. The zero-order valence-electron chi connectivity index (χ0n) is 13.3. The van der Waals surface area contributed by atoms with Crippen molar-refractivity contribution in [1.82, 2.24) is 24.8 Å². The second kappa shape index (κ2) is 7.19. The molecule has 7 heteroatoms. The largest absolute Gasteiger partial charge is 0.337 e. The summed E-state index contributed by atoms with van der Waals surface area (Å²) < 4.78 is 5.33. The van der Waals surface area contributed by atoms with Crippen LogP contribution >= 0.6 is 0 Å². The normalized spacial score (nSPS) is 22.0. The first-order valence-electron chi connectivity index (χ1n) is 8.21. The molecule has 3 heterocycles. The first kappa shape index (κ1) is 15.4. The first-order chi connectivity index (χ1) is 10.7. The molecule has 2 aliphatic heterocycles. The molecule has 1 aromatic heterocycles. The molecule has 2 aliphatic rings. The lowest BCUT2D eigenvalue weighted by Gasteiger charge is -2.31. The van der Waals surface area contributed by atoms with Crippen LogP contribution in [-0.2, 0) is 17.9 Å². The molecular formula is C15H25N5O2. The van der Waals surface area contributed by atoms with Crippen LogP contribution in [0.1, 0.15) is 37.4 Å². The van der Waals surface area contributed by atoms with Crippen LogP contribution in [0.5, 0.6) is 0 Å². The Kier molecular flexibility index (Phi) is 5.04. The van der Waals surface area contributed by atoms with Gasteiger partial charge in [-0.1, -0.05) is 11.6 Å². The Hall–Kier alpha value is -1.47. The number of carbonyl (C=O) groups is 1. The maximum absolute atomic E-state index is 12.0. The highest BCUT2D eigenvalue weighted by Crippen LogP contribution is 2.14. The maximum atomic E-state index is 12.0. The van der Waals surface area contributed by atoms with Gasteiger partial charge in [-0.3, -0.25) is 9.69 Å². The lowest BCUT2D eigenvalue weighted by Crippen LogP contribution is -2.44. The van der Waals surface area contributed by atoms with Gasteiger partial charge in [0.2, 0.25) is 11.8 Å². The van der Waals surface area contributed by atoms with Gasteiger partial charge in [0.15, 0.2) is 5.82 Å². The van der Waals surface area contributed by atoms with Gasteiger partial charge in [-0.05, 0) is 19.9 Å².